The van der Waals surface area contributed by atoms with Crippen LogP contribution >= 0.6 is 0 Å². The van der Waals surface area contributed by atoms with Gasteiger partial charge in [0.05, 0.1) is 0 Å². The lowest BCUT2D eigenvalue weighted by Gasteiger charge is -2.21. The summed E-state index contributed by atoms with van der Waals surface area (Å²) in [6, 6.07) is 6.15. The van der Waals surface area contributed by atoms with E-state index in [2.05, 4.69) is 32.9 Å². The van der Waals surface area contributed by atoms with Crippen LogP contribution in [0.2, 0.25) is 0 Å². The van der Waals surface area contributed by atoms with Gasteiger partial charge in [-0.15, -0.1) is 0 Å². The molecule has 15 heavy (non-hydrogen) atoms. The smallest absolute Gasteiger partial charge is 0.223 e. The molecule has 0 saturated heterocycles. The normalized spacial score (nSPS) is 10.1. The van der Waals surface area contributed by atoms with Crippen molar-refractivity contribution in [2.45, 2.75) is 34.1 Å². The first kappa shape index (κ1) is 11.8. The number of hydrogen-bond donors (Lipinski definition) is 0. The van der Waals surface area contributed by atoms with E-state index in [1.54, 1.807) is 6.92 Å². The lowest BCUT2D eigenvalue weighted by atomic mass is 10.1. The second kappa shape index (κ2) is 4.96. The summed E-state index contributed by atoms with van der Waals surface area (Å²) in [6.45, 7) is 8.64. The average Bonchev–Trinajstić information content (AvgIpc) is 2.18. The summed E-state index contributed by atoms with van der Waals surface area (Å²) in [4.78, 5) is 13.3. The number of carbonyl (C=O) groups excluding carboxylic acids is 1. The molecule has 1 amide bonds. The van der Waals surface area contributed by atoms with E-state index >= 15 is 0 Å². The molecule has 0 spiro atoms. The van der Waals surface area contributed by atoms with E-state index in [0.29, 0.717) is 0 Å². The highest BCUT2D eigenvalue weighted by molar-refractivity contribution is 5.91. The van der Waals surface area contributed by atoms with Gasteiger partial charge in [-0.1, -0.05) is 13.0 Å². The van der Waals surface area contributed by atoms with Gasteiger partial charge in [-0.05, 0) is 43.5 Å². The maximum Gasteiger partial charge on any atom is 0.223 e. The quantitative estimate of drug-likeness (QED) is 0.742. The topological polar surface area (TPSA) is 20.3 Å². The van der Waals surface area contributed by atoms with Crippen molar-refractivity contribution in [2.75, 3.05) is 11.4 Å². The van der Waals surface area contributed by atoms with E-state index in [1.165, 1.54) is 11.1 Å². The number of hydrogen-bond acceptors (Lipinski definition) is 1. The third-order valence-corrected chi connectivity index (χ3v) is 2.63. The van der Waals surface area contributed by atoms with Gasteiger partial charge in [0.15, 0.2) is 0 Å². The molecule has 0 heterocycles. The van der Waals surface area contributed by atoms with Gasteiger partial charge in [-0.2, -0.15) is 0 Å². The molecule has 0 radical (unpaired) electrons. The van der Waals surface area contributed by atoms with E-state index in [-0.39, 0.29) is 5.91 Å². The summed E-state index contributed by atoms with van der Waals surface area (Å²) in [6.07, 6.45) is 0.979. The van der Waals surface area contributed by atoms with E-state index in [9.17, 15) is 4.79 Å². The van der Waals surface area contributed by atoms with Gasteiger partial charge in [0.1, 0.15) is 0 Å². The molecule has 2 nitrogen and oxygen atoms in total. The first-order chi connectivity index (χ1) is 7.06. The van der Waals surface area contributed by atoms with E-state index in [4.69, 9.17) is 0 Å². The van der Waals surface area contributed by atoms with Crippen LogP contribution in [0.5, 0.6) is 0 Å². The molecule has 0 atom stereocenters. The zero-order valence-electron chi connectivity index (χ0n) is 10.0. The highest BCUT2D eigenvalue weighted by Gasteiger charge is 2.10. The number of rotatable bonds is 3. The van der Waals surface area contributed by atoms with Crippen LogP contribution in [0.25, 0.3) is 0 Å². The number of nitrogens with zero attached hydrogens (tertiary/aromatic N) is 1. The van der Waals surface area contributed by atoms with Crippen molar-refractivity contribution in [3.8, 4) is 0 Å². The first-order valence-electron chi connectivity index (χ1n) is 5.41. The molecule has 2 heteroatoms. The minimum absolute atomic E-state index is 0.111. The molecule has 82 valence electrons. The molecule has 1 aromatic rings. The van der Waals surface area contributed by atoms with Crippen LogP contribution in [0.1, 0.15) is 31.4 Å². The summed E-state index contributed by atoms with van der Waals surface area (Å²) in [5.74, 6) is 0.111. The number of carbonyl (C=O) groups is 1. The highest BCUT2D eigenvalue weighted by atomic mass is 16.2. The van der Waals surface area contributed by atoms with E-state index in [0.717, 1.165) is 18.7 Å². The fourth-order valence-corrected chi connectivity index (χ4v) is 1.59. The maximum atomic E-state index is 11.5. The number of aryl methyl sites for hydroxylation is 2. The Morgan fingerprint density at radius 1 is 1.27 bits per heavy atom. The van der Waals surface area contributed by atoms with Crippen molar-refractivity contribution < 1.29 is 4.79 Å². The highest BCUT2D eigenvalue weighted by Crippen LogP contribution is 2.19. The molecule has 0 aromatic heterocycles. The molecule has 0 fully saturated rings. The standard InChI is InChI=1S/C13H19NO/c1-5-8-14(12(4)15)13-7-6-10(2)11(3)9-13/h6-7,9H,5,8H2,1-4H3. The van der Waals surface area contributed by atoms with Crippen LogP contribution in [0.15, 0.2) is 18.2 Å². The van der Waals surface area contributed by atoms with Crippen molar-refractivity contribution in [3.05, 3.63) is 29.3 Å². The molecule has 0 saturated carbocycles. The van der Waals surface area contributed by atoms with Crippen LogP contribution in [0, 0.1) is 13.8 Å². The fraction of sp³-hybridized carbons (Fsp3) is 0.462. The molecule has 0 unspecified atom stereocenters. The monoisotopic (exact) mass is 205 g/mol. The van der Waals surface area contributed by atoms with Crippen molar-refractivity contribution in [2.24, 2.45) is 0 Å². The van der Waals surface area contributed by atoms with Crippen LogP contribution in [0.4, 0.5) is 5.69 Å². The number of anilines is 1. The SMILES string of the molecule is CCCN(C(C)=O)c1ccc(C)c(C)c1. The molecule has 0 aliphatic heterocycles. The van der Waals surface area contributed by atoms with Gasteiger partial charge in [-0.3, -0.25) is 4.79 Å². The van der Waals surface area contributed by atoms with Crippen LogP contribution in [-0.4, -0.2) is 12.5 Å². The zero-order valence-corrected chi connectivity index (χ0v) is 10.0. The number of benzene rings is 1. The molecule has 0 N–H and O–H groups in total. The molecule has 1 rings (SSSR count). The first-order valence-corrected chi connectivity index (χ1v) is 5.41. The fourth-order valence-electron chi connectivity index (χ4n) is 1.59. The van der Waals surface area contributed by atoms with Crippen LogP contribution < -0.4 is 4.90 Å². The molecular formula is C13H19NO. The Balaban J connectivity index is 3.01. The van der Waals surface area contributed by atoms with Crippen molar-refractivity contribution in [1.29, 1.82) is 0 Å². The largest absolute Gasteiger partial charge is 0.313 e. The van der Waals surface area contributed by atoms with Crippen molar-refractivity contribution in [1.82, 2.24) is 0 Å². The third kappa shape index (κ3) is 2.82. The molecule has 0 aliphatic carbocycles. The van der Waals surface area contributed by atoms with Crippen LogP contribution in [-0.2, 0) is 4.79 Å². The lowest BCUT2D eigenvalue weighted by Crippen LogP contribution is -2.29. The van der Waals surface area contributed by atoms with Gasteiger partial charge in [0, 0.05) is 19.2 Å². The van der Waals surface area contributed by atoms with Crippen LogP contribution in [0.3, 0.4) is 0 Å². The Bertz CT molecular complexity index is 358. The van der Waals surface area contributed by atoms with Crippen molar-refractivity contribution >= 4 is 11.6 Å². The third-order valence-electron chi connectivity index (χ3n) is 2.63. The predicted octanol–water partition coefficient (Wildman–Crippen LogP) is 3.07. The zero-order chi connectivity index (χ0) is 11.4. The predicted molar refractivity (Wildman–Crippen MR) is 64.2 cm³/mol. The minimum atomic E-state index is 0.111. The van der Waals surface area contributed by atoms with Gasteiger partial charge in [0.25, 0.3) is 0 Å². The molecule has 0 bridgehead atoms. The Morgan fingerprint density at radius 3 is 2.40 bits per heavy atom. The minimum Gasteiger partial charge on any atom is -0.313 e. The molecule has 0 aliphatic rings. The van der Waals surface area contributed by atoms with Gasteiger partial charge < -0.3 is 4.90 Å². The Hall–Kier alpha value is -1.31. The summed E-state index contributed by atoms with van der Waals surface area (Å²) >= 11 is 0. The molecule has 1 aromatic carbocycles. The summed E-state index contributed by atoms with van der Waals surface area (Å²) in [5, 5.41) is 0. The second-order valence-electron chi connectivity index (χ2n) is 3.94. The lowest BCUT2D eigenvalue weighted by molar-refractivity contribution is -0.116. The van der Waals surface area contributed by atoms with Gasteiger partial charge in [0.2, 0.25) is 5.91 Å². The Labute approximate surface area is 91.9 Å². The molecular weight excluding hydrogens is 186 g/mol. The second-order valence-corrected chi connectivity index (χ2v) is 3.94. The number of amides is 1. The summed E-state index contributed by atoms with van der Waals surface area (Å²) < 4.78 is 0. The van der Waals surface area contributed by atoms with Crippen molar-refractivity contribution in [3.63, 3.8) is 0 Å². The Morgan fingerprint density at radius 2 is 1.93 bits per heavy atom. The van der Waals surface area contributed by atoms with E-state index in [1.807, 2.05) is 11.0 Å². The van der Waals surface area contributed by atoms with Gasteiger partial charge >= 0.3 is 0 Å². The summed E-state index contributed by atoms with van der Waals surface area (Å²) in [7, 11) is 0. The maximum absolute atomic E-state index is 11.5. The average molecular weight is 205 g/mol. The van der Waals surface area contributed by atoms with E-state index < -0.39 is 0 Å². The Kier molecular flexibility index (Phi) is 3.89. The summed E-state index contributed by atoms with van der Waals surface area (Å²) in [5.41, 5.74) is 3.50. The van der Waals surface area contributed by atoms with Gasteiger partial charge in [-0.25, -0.2) is 0 Å².